The number of aliphatic imine (C=N–C) groups is 1. The van der Waals surface area contributed by atoms with Crippen LogP contribution >= 0.6 is 0 Å². The number of nitrogens with zero attached hydrogens (tertiary/aromatic N) is 1. The van der Waals surface area contributed by atoms with Gasteiger partial charge in [-0.05, 0) is 24.3 Å². The zero-order valence-corrected chi connectivity index (χ0v) is 14.3. The number of nitrogens with one attached hydrogen (secondary N) is 1. The normalized spacial score (nSPS) is 12.6. The minimum absolute atomic E-state index is 0.0830. The summed E-state index contributed by atoms with van der Waals surface area (Å²) in [5, 5.41) is 3.03. The molecule has 3 N–H and O–H groups in total. The molecule has 0 aliphatic heterocycles. The van der Waals surface area contributed by atoms with Crippen LogP contribution in [0.3, 0.4) is 0 Å². The maximum atomic E-state index is 12.0. The van der Waals surface area contributed by atoms with Gasteiger partial charge in [-0.3, -0.25) is 4.99 Å². The number of nitrogens with two attached hydrogens (primary N) is 1. The predicted octanol–water partition coefficient (Wildman–Crippen LogP) is 1.94. The maximum absolute atomic E-state index is 12.0. The highest BCUT2D eigenvalue weighted by Gasteiger charge is 2.11. The summed E-state index contributed by atoms with van der Waals surface area (Å²) in [6.07, 6.45) is 1.52. The van der Waals surface area contributed by atoms with Crippen molar-refractivity contribution >= 4 is 15.8 Å². The van der Waals surface area contributed by atoms with Crippen molar-refractivity contribution < 1.29 is 8.42 Å². The van der Waals surface area contributed by atoms with E-state index in [2.05, 4.69) is 24.2 Å². The lowest BCUT2D eigenvalue weighted by atomic mass is 10.1. The van der Waals surface area contributed by atoms with Crippen molar-refractivity contribution in [2.45, 2.75) is 32.4 Å². The van der Waals surface area contributed by atoms with E-state index in [-0.39, 0.29) is 11.5 Å². The highest BCUT2D eigenvalue weighted by molar-refractivity contribution is 7.90. The van der Waals surface area contributed by atoms with Crippen LogP contribution in [0.25, 0.3) is 0 Å². The summed E-state index contributed by atoms with van der Waals surface area (Å²) in [5.41, 5.74) is 6.54. The summed E-state index contributed by atoms with van der Waals surface area (Å²) in [6.45, 7) is 5.51. The Labute approximate surface area is 133 Å². The molecule has 6 heteroatoms. The summed E-state index contributed by atoms with van der Waals surface area (Å²) in [6, 6.07) is 9.22. The third-order valence-electron chi connectivity index (χ3n) is 3.15. The van der Waals surface area contributed by atoms with Gasteiger partial charge in [0.25, 0.3) is 0 Å². The summed E-state index contributed by atoms with van der Waals surface area (Å²) in [7, 11) is -3.09. The van der Waals surface area contributed by atoms with Gasteiger partial charge in [0, 0.05) is 13.1 Å². The Bertz CT molecular complexity index is 554. The number of hydrogen-bond acceptors (Lipinski definition) is 3. The Hall–Kier alpha value is -1.56. The Morgan fingerprint density at radius 3 is 2.59 bits per heavy atom. The molecule has 0 amide bonds. The fourth-order valence-electron chi connectivity index (χ4n) is 1.93. The molecule has 124 valence electrons. The molecular weight excluding hydrogens is 298 g/mol. The van der Waals surface area contributed by atoms with Crippen molar-refractivity contribution in [3.8, 4) is 0 Å². The highest BCUT2D eigenvalue weighted by atomic mass is 32.2. The third-order valence-corrected chi connectivity index (χ3v) is 4.84. The second kappa shape index (κ2) is 9.46. The second-order valence-electron chi connectivity index (χ2n) is 5.81. The topological polar surface area (TPSA) is 84.5 Å². The van der Waals surface area contributed by atoms with Gasteiger partial charge in [0.2, 0.25) is 0 Å². The van der Waals surface area contributed by atoms with Crippen molar-refractivity contribution in [3.63, 3.8) is 0 Å². The zero-order chi connectivity index (χ0) is 16.4. The van der Waals surface area contributed by atoms with Crippen molar-refractivity contribution in [2.24, 2.45) is 16.6 Å². The number of benzene rings is 1. The summed E-state index contributed by atoms with van der Waals surface area (Å²) < 4.78 is 24.0. The molecule has 0 saturated carbocycles. The summed E-state index contributed by atoms with van der Waals surface area (Å²) in [5.74, 6) is 1.22. The molecule has 0 fully saturated rings. The first kappa shape index (κ1) is 18.5. The van der Waals surface area contributed by atoms with Crippen LogP contribution in [0.15, 0.2) is 35.3 Å². The smallest absolute Gasteiger partial charge is 0.188 e. The van der Waals surface area contributed by atoms with Crippen LogP contribution in [0.5, 0.6) is 0 Å². The monoisotopic (exact) mass is 325 g/mol. The van der Waals surface area contributed by atoms with Crippen LogP contribution in [0.2, 0.25) is 0 Å². The van der Waals surface area contributed by atoms with Crippen LogP contribution < -0.4 is 11.1 Å². The molecule has 0 spiro atoms. The third kappa shape index (κ3) is 8.67. The first-order valence-electron chi connectivity index (χ1n) is 7.67. The molecule has 0 aliphatic carbocycles. The minimum atomic E-state index is -3.09. The van der Waals surface area contributed by atoms with E-state index in [4.69, 9.17) is 5.73 Å². The summed E-state index contributed by atoms with van der Waals surface area (Å²) >= 11 is 0. The van der Waals surface area contributed by atoms with Gasteiger partial charge >= 0.3 is 0 Å². The lowest BCUT2D eigenvalue weighted by Gasteiger charge is -2.07. The van der Waals surface area contributed by atoms with Gasteiger partial charge in [0.1, 0.15) is 0 Å². The van der Waals surface area contributed by atoms with E-state index < -0.39 is 9.84 Å². The number of hydrogen-bond donors (Lipinski definition) is 2. The van der Waals surface area contributed by atoms with E-state index >= 15 is 0 Å². The minimum Gasteiger partial charge on any atom is -0.370 e. The second-order valence-corrected chi connectivity index (χ2v) is 7.99. The van der Waals surface area contributed by atoms with Crippen LogP contribution in [-0.4, -0.2) is 33.2 Å². The van der Waals surface area contributed by atoms with E-state index in [1.807, 2.05) is 30.3 Å². The Kier molecular flexibility index (Phi) is 7.95. The molecule has 0 saturated heterocycles. The van der Waals surface area contributed by atoms with Gasteiger partial charge < -0.3 is 11.1 Å². The number of guanidine groups is 1. The van der Waals surface area contributed by atoms with Crippen LogP contribution in [0.1, 0.15) is 32.3 Å². The largest absolute Gasteiger partial charge is 0.370 e. The maximum Gasteiger partial charge on any atom is 0.188 e. The fourth-order valence-corrected chi connectivity index (χ4v) is 3.34. The molecule has 0 radical (unpaired) electrons. The molecule has 0 aromatic heterocycles. The molecule has 5 nitrogen and oxygen atoms in total. The van der Waals surface area contributed by atoms with E-state index in [9.17, 15) is 8.42 Å². The standard InChI is InChI=1S/C16H27N3O2S/c1-14(2)9-11-19-16(17)18-10-6-12-22(20,21)13-15-7-4-3-5-8-15/h3-5,7-8,14H,6,9-13H2,1-2H3,(H3,17,18,19). The molecule has 22 heavy (non-hydrogen) atoms. The van der Waals surface area contributed by atoms with Crippen molar-refractivity contribution in [3.05, 3.63) is 35.9 Å². The molecule has 1 aromatic carbocycles. The first-order chi connectivity index (χ1) is 10.4. The van der Waals surface area contributed by atoms with Gasteiger partial charge in [-0.2, -0.15) is 0 Å². The molecule has 0 atom stereocenters. The van der Waals surface area contributed by atoms with Gasteiger partial charge in [-0.25, -0.2) is 8.42 Å². The zero-order valence-electron chi connectivity index (χ0n) is 13.5. The molecule has 0 aliphatic rings. The Morgan fingerprint density at radius 2 is 1.95 bits per heavy atom. The first-order valence-corrected chi connectivity index (χ1v) is 9.49. The summed E-state index contributed by atoms with van der Waals surface area (Å²) in [4.78, 5) is 4.15. The molecule has 1 aromatic rings. The van der Waals surface area contributed by atoms with Crippen LogP contribution in [0, 0.1) is 5.92 Å². The molecule has 0 heterocycles. The van der Waals surface area contributed by atoms with E-state index in [0.717, 1.165) is 18.5 Å². The Morgan fingerprint density at radius 1 is 1.27 bits per heavy atom. The number of rotatable bonds is 9. The van der Waals surface area contributed by atoms with Crippen LogP contribution in [-0.2, 0) is 15.6 Å². The van der Waals surface area contributed by atoms with Gasteiger partial charge in [0.05, 0.1) is 11.5 Å². The van der Waals surface area contributed by atoms with E-state index in [0.29, 0.717) is 24.8 Å². The molecule has 0 unspecified atom stereocenters. The molecular formula is C16H27N3O2S. The van der Waals surface area contributed by atoms with Gasteiger partial charge in [-0.15, -0.1) is 0 Å². The SMILES string of the molecule is CC(C)CCNC(N)=NCCCS(=O)(=O)Cc1ccccc1. The average Bonchev–Trinajstić information content (AvgIpc) is 2.44. The van der Waals surface area contributed by atoms with Gasteiger partial charge in [-0.1, -0.05) is 44.2 Å². The lowest BCUT2D eigenvalue weighted by molar-refractivity contribution is 0.576. The Balaban J connectivity index is 2.28. The van der Waals surface area contributed by atoms with Crippen LogP contribution in [0.4, 0.5) is 0 Å². The molecule has 0 bridgehead atoms. The number of sulfone groups is 1. The quantitative estimate of drug-likeness (QED) is 0.413. The van der Waals surface area contributed by atoms with E-state index in [1.54, 1.807) is 0 Å². The highest BCUT2D eigenvalue weighted by Crippen LogP contribution is 2.07. The average molecular weight is 325 g/mol. The van der Waals surface area contributed by atoms with Crippen molar-refractivity contribution in [1.82, 2.24) is 5.32 Å². The molecule has 1 rings (SSSR count). The van der Waals surface area contributed by atoms with E-state index in [1.165, 1.54) is 0 Å². The lowest BCUT2D eigenvalue weighted by Crippen LogP contribution is -2.33. The van der Waals surface area contributed by atoms with Crippen molar-refractivity contribution in [2.75, 3.05) is 18.8 Å². The van der Waals surface area contributed by atoms with Gasteiger partial charge in [0.15, 0.2) is 15.8 Å². The van der Waals surface area contributed by atoms with Crippen molar-refractivity contribution in [1.29, 1.82) is 0 Å². The predicted molar refractivity (Wildman–Crippen MR) is 92.5 cm³/mol. The fraction of sp³-hybridized carbons (Fsp3) is 0.562.